The lowest BCUT2D eigenvalue weighted by Crippen LogP contribution is -2.16. The second-order valence-corrected chi connectivity index (χ2v) is 8.13. The number of hydrogen-bond acceptors (Lipinski definition) is 9. The quantitative estimate of drug-likeness (QED) is 0.422. The zero-order valence-electron chi connectivity index (χ0n) is 11.5. The van der Waals surface area contributed by atoms with Gasteiger partial charge in [0.1, 0.15) is 6.20 Å². The number of nitrogens with zero attached hydrogens (tertiary/aromatic N) is 5. The van der Waals surface area contributed by atoms with Crippen molar-refractivity contribution in [2.75, 3.05) is 4.72 Å². The smallest absolute Gasteiger partial charge is 0.257 e. The topological polar surface area (TPSA) is 132 Å². The average Bonchev–Trinajstić information content (AvgIpc) is 3.20. The van der Waals surface area contributed by atoms with Crippen molar-refractivity contribution in [1.82, 2.24) is 19.6 Å². The maximum Gasteiger partial charge on any atom is 0.345 e. The molecule has 3 aromatic heterocycles. The van der Waals surface area contributed by atoms with Gasteiger partial charge in [0.05, 0.1) is 15.1 Å². The molecule has 0 saturated carbocycles. The summed E-state index contributed by atoms with van der Waals surface area (Å²) in [7, 11) is -4.10. The zero-order valence-corrected chi connectivity index (χ0v) is 13.9. The number of thiazole rings is 2. The number of anilines is 1. The predicted molar refractivity (Wildman–Crippen MR) is 87.9 cm³/mol. The normalized spacial score (nSPS) is 12.0. The number of para-hydroxylation sites is 1. The van der Waals surface area contributed by atoms with Crippen LogP contribution in [0.5, 0.6) is 0 Å². The van der Waals surface area contributed by atoms with Gasteiger partial charge in [-0.15, -0.1) is 10.2 Å². The summed E-state index contributed by atoms with van der Waals surface area (Å²) in [4.78, 5) is 14.2. The fourth-order valence-corrected chi connectivity index (χ4v) is 5.04. The Labute approximate surface area is 141 Å². The highest BCUT2D eigenvalue weighted by Gasteiger charge is 2.26. The molecule has 1 N–H and O–H groups in total. The standard InChI is InChI=1S/C11H6N6O4S3/c18-17(19)8-5-12-9(23-8)15-24(20,21)11-14-13-10-16(11)6-3-1-2-4-7(6)22-10/h1-5H,(H,12,15). The highest BCUT2D eigenvalue weighted by Crippen LogP contribution is 2.30. The van der Waals surface area contributed by atoms with Gasteiger partial charge in [0.25, 0.3) is 15.2 Å². The molecule has 0 aliphatic carbocycles. The van der Waals surface area contributed by atoms with Gasteiger partial charge in [-0.05, 0) is 23.5 Å². The molecule has 0 fully saturated rings. The lowest BCUT2D eigenvalue weighted by atomic mass is 10.3. The first-order valence-corrected chi connectivity index (χ1v) is 9.43. The number of fused-ring (bicyclic) bond motifs is 3. The predicted octanol–water partition coefficient (Wildman–Crippen LogP) is 2.11. The molecule has 0 aliphatic rings. The van der Waals surface area contributed by atoms with Crippen molar-refractivity contribution in [2.45, 2.75) is 5.16 Å². The number of rotatable bonds is 4. The van der Waals surface area contributed by atoms with Gasteiger partial charge < -0.3 is 0 Å². The Morgan fingerprint density at radius 1 is 1.21 bits per heavy atom. The highest BCUT2D eigenvalue weighted by atomic mass is 32.2. The lowest BCUT2D eigenvalue weighted by molar-refractivity contribution is -0.380. The van der Waals surface area contributed by atoms with Gasteiger partial charge in [-0.2, -0.15) is 8.42 Å². The largest absolute Gasteiger partial charge is 0.345 e. The van der Waals surface area contributed by atoms with Crippen LogP contribution in [0.25, 0.3) is 15.2 Å². The summed E-state index contributed by atoms with van der Waals surface area (Å²) >= 11 is 1.93. The molecule has 0 unspecified atom stereocenters. The van der Waals surface area contributed by atoms with Crippen molar-refractivity contribution >= 4 is 58.0 Å². The van der Waals surface area contributed by atoms with E-state index in [1.165, 1.54) is 15.7 Å². The first-order valence-electron chi connectivity index (χ1n) is 6.31. The van der Waals surface area contributed by atoms with Crippen LogP contribution in [0, 0.1) is 10.1 Å². The van der Waals surface area contributed by atoms with Crippen LogP contribution >= 0.6 is 22.7 Å². The Hall–Kier alpha value is -2.64. The number of nitro groups is 1. The van der Waals surface area contributed by atoms with Gasteiger partial charge in [0.2, 0.25) is 10.1 Å². The molecule has 0 spiro atoms. The Morgan fingerprint density at radius 2 is 2.00 bits per heavy atom. The minimum Gasteiger partial charge on any atom is -0.257 e. The minimum atomic E-state index is -4.10. The van der Waals surface area contributed by atoms with Crippen molar-refractivity contribution in [3.63, 3.8) is 0 Å². The van der Waals surface area contributed by atoms with Crippen LogP contribution in [0.3, 0.4) is 0 Å². The van der Waals surface area contributed by atoms with Crippen LogP contribution in [0.2, 0.25) is 0 Å². The molecule has 4 aromatic rings. The maximum atomic E-state index is 12.6. The van der Waals surface area contributed by atoms with Crippen molar-refractivity contribution in [1.29, 1.82) is 0 Å². The van der Waals surface area contributed by atoms with Gasteiger partial charge >= 0.3 is 5.00 Å². The molecule has 0 radical (unpaired) electrons. The second kappa shape index (κ2) is 5.19. The molecule has 0 amide bonds. The van der Waals surface area contributed by atoms with Gasteiger partial charge in [0.15, 0.2) is 0 Å². The van der Waals surface area contributed by atoms with E-state index in [2.05, 4.69) is 19.9 Å². The van der Waals surface area contributed by atoms with E-state index in [-0.39, 0.29) is 15.3 Å². The minimum absolute atomic E-state index is 0.113. The maximum absolute atomic E-state index is 12.6. The summed E-state index contributed by atoms with van der Waals surface area (Å²) in [6.07, 6.45) is 0.988. The molecule has 122 valence electrons. The Morgan fingerprint density at radius 3 is 2.75 bits per heavy atom. The zero-order chi connectivity index (χ0) is 16.9. The number of benzene rings is 1. The van der Waals surface area contributed by atoms with Gasteiger partial charge in [0, 0.05) is 0 Å². The van der Waals surface area contributed by atoms with E-state index in [9.17, 15) is 18.5 Å². The van der Waals surface area contributed by atoms with E-state index in [1.54, 1.807) is 12.1 Å². The molecule has 0 atom stereocenters. The number of aromatic nitrogens is 4. The number of sulfonamides is 1. The van der Waals surface area contributed by atoms with Crippen LogP contribution in [-0.4, -0.2) is 32.9 Å². The fourth-order valence-electron chi connectivity index (χ4n) is 2.09. The third-order valence-electron chi connectivity index (χ3n) is 3.05. The van der Waals surface area contributed by atoms with Crippen molar-refractivity contribution in [2.24, 2.45) is 0 Å². The van der Waals surface area contributed by atoms with Crippen LogP contribution in [-0.2, 0) is 10.0 Å². The molecule has 0 bridgehead atoms. The molecule has 0 aliphatic heterocycles. The third kappa shape index (κ3) is 2.29. The lowest BCUT2D eigenvalue weighted by Gasteiger charge is -2.02. The van der Waals surface area contributed by atoms with Crippen LogP contribution in [0.4, 0.5) is 10.1 Å². The Kier molecular flexibility index (Phi) is 3.22. The second-order valence-electron chi connectivity index (χ2n) is 4.54. The molecule has 10 nitrogen and oxygen atoms in total. The van der Waals surface area contributed by atoms with Crippen LogP contribution < -0.4 is 4.72 Å². The Balaban J connectivity index is 1.81. The van der Waals surface area contributed by atoms with Gasteiger partial charge in [-0.1, -0.05) is 23.5 Å². The Bertz CT molecular complexity index is 1190. The molecule has 4 rings (SSSR count). The third-order valence-corrected chi connectivity index (χ3v) is 6.26. The highest BCUT2D eigenvalue weighted by molar-refractivity contribution is 7.92. The van der Waals surface area contributed by atoms with E-state index in [0.717, 1.165) is 10.9 Å². The van der Waals surface area contributed by atoms with Gasteiger partial charge in [-0.3, -0.25) is 19.2 Å². The number of hydrogen-bond donors (Lipinski definition) is 1. The summed E-state index contributed by atoms with van der Waals surface area (Å²) in [5.74, 6) is 0. The van der Waals surface area contributed by atoms with Crippen molar-refractivity contribution < 1.29 is 13.3 Å². The van der Waals surface area contributed by atoms with E-state index in [0.29, 0.717) is 21.8 Å². The van der Waals surface area contributed by atoms with E-state index >= 15 is 0 Å². The molecule has 0 saturated heterocycles. The molecule has 1 aromatic carbocycles. The summed E-state index contributed by atoms with van der Waals surface area (Å²) < 4.78 is 29.6. The SMILES string of the molecule is O=[N+]([O-])c1cnc(NS(=O)(=O)c2nnc3sc4ccccc4n23)s1. The van der Waals surface area contributed by atoms with E-state index in [1.807, 2.05) is 12.1 Å². The van der Waals surface area contributed by atoms with Crippen molar-refractivity contribution in [3.05, 3.63) is 40.6 Å². The summed E-state index contributed by atoms with van der Waals surface area (Å²) in [5, 5.41) is 17.6. The van der Waals surface area contributed by atoms with E-state index in [4.69, 9.17) is 0 Å². The van der Waals surface area contributed by atoms with Crippen LogP contribution in [0.1, 0.15) is 0 Å². The summed E-state index contributed by atoms with van der Waals surface area (Å²) in [6, 6.07) is 7.23. The molecule has 24 heavy (non-hydrogen) atoms. The summed E-state index contributed by atoms with van der Waals surface area (Å²) in [5.41, 5.74) is 0.660. The summed E-state index contributed by atoms with van der Waals surface area (Å²) in [6.45, 7) is 0. The fraction of sp³-hybridized carbons (Fsp3) is 0. The average molecular weight is 382 g/mol. The molecule has 3 heterocycles. The monoisotopic (exact) mass is 382 g/mol. The van der Waals surface area contributed by atoms with Crippen molar-refractivity contribution in [3.8, 4) is 0 Å². The molecule has 13 heteroatoms. The number of nitrogens with one attached hydrogen (secondary N) is 1. The van der Waals surface area contributed by atoms with E-state index < -0.39 is 14.9 Å². The first kappa shape index (κ1) is 14.9. The molecular weight excluding hydrogens is 376 g/mol. The van der Waals surface area contributed by atoms with Gasteiger partial charge in [-0.25, -0.2) is 4.98 Å². The van der Waals surface area contributed by atoms with Crippen LogP contribution in [0.15, 0.2) is 35.6 Å². The molecular formula is C11H6N6O4S3. The first-order chi connectivity index (χ1) is 11.5.